The van der Waals surface area contributed by atoms with E-state index in [1.807, 2.05) is 11.7 Å². The molecule has 0 aliphatic heterocycles. The van der Waals surface area contributed by atoms with Gasteiger partial charge in [-0.2, -0.15) is 5.10 Å². The highest BCUT2D eigenvalue weighted by atomic mass is 15.3. The first-order chi connectivity index (χ1) is 9.22. The molecule has 0 aliphatic rings. The van der Waals surface area contributed by atoms with Crippen LogP contribution in [-0.2, 0) is 33.0 Å². The lowest BCUT2D eigenvalue weighted by molar-refractivity contribution is 0.688. The Labute approximate surface area is 115 Å². The molecule has 0 atom stereocenters. The lowest BCUT2D eigenvalue weighted by atomic mass is 10.1. The summed E-state index contributed by atoms with van der Waals surface area (Å²) in [6.07, 6.45) is 4.19. The Hall–Kier alpha value is -1.61. The second-order valence-corrected chi connectivity index (χ2v) is 4.90. The number of benzene rings is 1. The highest BCUT2D eigenvalue weighted by molar-refractivity contribution is 5.22. The average Bonchev–Trinajstić information content (AvgIpc) is 2.80. The minimum Gasteiger partial charge on any atom is -0.308 e. The molecule has 19 heavy (non-hydrogen) atoms. The van der Waals surface area contributed by atoms with Gasteiger partial charge in [-0.15, -0.1) is 0 Å². The van der Waals surface area contributed by atoms with Crippen molar-refractivity contribution in [3.05, 3.63) is 52.8 Å². The largest absolute Gasteiger partial charge is 0.308 e. The normalized spacial score (nSPS) is 10.9. The van der Waals surface area contributed by atoms with Crippen LogP contribution >= 0.6 is 0 Å². The average molecular weight is 257 g/mol. The zero-order valence-corrected chi connectivity index (χ0v) is 12.1. The second kappa shape index (κ2) is 6.53. The summed E-state index contributed by atoms with van der Waals surface area (Å²) in [4.78, 5) is 0. The Morgan fingerprint density at radius 1 is 1.00 bits per heavy atom. The third kappa shape index (κ3) is 3.67. The number of rotatable bonds is 6. The smallest absolute Gasteiger partial charge is 0.0666 e. The number of hydrogen-bond donors (Lipinski definition) is 1. The van der Waals surface area contributed by atoms with Crippen molar-refractivity contribution in [2.24, 2.45) is 7.05 Å². The van der Waals surface area contributed by atoms with Crippen LogP contribution in [0.2, 0.25) is 0 Å². The molecule has 0 saturated heterocycles. The fourth-order valence-electron chi connectivity index (χ4n) is 2.26. The highest BCUT2D eigenvalue weighted by Crippen LogP contribution is 2.08. The lowest BCUT2D eigenvalue weighted by Crippen LogP contribution is -2.13. The van der Waals surface area contributed by atoms with Gasteiger partial charge >= 0.3 is 0 Å². The van der Waals surface area contributed by atoms with Crippen LogP contribution in [0.3, 0.4) is 0 Å². The van der Waals surface area contributed by atoms with Crippen LogP contribution in [0.5, 0.6) is 0 Å². The first-order valence-electron chi connectivity index (χ1n) is 7.02. The maximum atomic E-state index is 4.45. The van der Waals surface area contributed by atoms with Crippen molar-refractivity contribution in [3.63, 3.8) is 0 Å². The van der Waals surface area contributed by atoms with Gasteiger partial charge in [-0.25, -0.2) is 0 Å². The highest BCUT2D eigenvalue weighted by Gasteiger charge is 2.04. The quantitative estimate of drug-likeness (QED) is 0.862. The Kier molecular flexibility index (Phi) is 4.74. The van der Waals surface area contributed by atoms with E-state index in [2.05, 4.69) is 54.7 Å². The molecule has 2 aromatic rings. The van der Waals surface area contributed by atoms with Crippen LogP contribution < -0.4 is 5.32 Å². The minimum atomic E-state index is 0.881. The molecule has 0 spiro atoms. The van der Waals surface area contributed by atoms with Crippen LogP contribution in [-0.4, -0.2) is 9.78 Å². The van der Waals surface area contributed by atoms with Gasteiger partial charge in [0.1, 0.15) is 0 Å². The minimum absolute atomic E-state index is 0.881. The Morgan fingerprint density at radius 3 is 2.32 bits per heavy atom. The fourth-order valence-corrected chi connectivity index (χ4v) is 2.26. The van der Waals surface area contributed by atoms with Crippen LogP contribution in [0.25, 0.3) is 0 Å². The first kappa shape index (κ1) is 13.8. The summed E-state index contributed by atoms with van der Waals surface area (Å²) in [5.41, 5.74) is 5.22. The summed E-state index contributed by atoms with van der Waals surface area (Å²) in [5.74, 6) is 0. The molecule has 0 unspecified atom stereocenters. The van der Waals surface area contributed by atoms with Crippen molar-refractivity contribution in [2.75, 3.05) is 0 Å². The van der Waals surface area contributed by atoms with Gasteiger partial charge in [0.2, 0.25) is 0 Å². The molecule has 3 nitrogen and oxygen atoms in total. The third-order valence-electron chi connectivity index (χ3n) is 3.40. The van der Waals surface area contributed by atoms with Crippen LogP contribution in [0.15, 0.2) is 30.5 Å². The summed E-state index contributed by atoms with van der Waals surface area (Å²) < 4.78 is 1.89. The van der Waals surface area contributed by atoms with Crippen molar-refractivity contribution in [1.82, 2.24) is 15.1 Å². The topological polar surface area (TPSA) is 29.9 Å². The van der Waals surface area contributed by atoms with Gasteiger partial charge in [0, 0.05) is 31.9 Å². The van der Waals surface area contributed by atoms with Crippen LogP contribution in [0.4, 0.5) is 0 Å². The Balaban J connectivity index is 1.88. The molecular weight excluding hydrogens is 234 g/mol. The summed E-state index contributed by atoms with van der Waals surface area (Å²) >= 11 is 0. The molecule has 0 radical (unpaired) electrons. The van der Waals surface area contributed by atoms with E-state index in [-0.39, 0.29) is 0 Å². The summed E-state index contributed by atoms with van der Waals surface area (Å²) in [6, 6.07) is 8.82. The van der Waals surface area contributed by atoms with Crippen molar-refractivity contribution in [3.8, 4) is 0 Å². The van der Waals surface area contributed by atoms with E-state index in [9.17, 15) is 0 Å². The predicted octanol–water partition coefficient (Wildman–Crippen LogP) is 2.83. The van der Waals surface area contributed by atoms with E-state index < -0.39 is 0 Å². The third-order valence-corrected chi connectivity index (χ3v) is 3.40. The van der Waals surface area contributed by atoms with Gasteiger partial charge in [-0.1, -0.05) is 38.1 Å². The van der Waals surface area contributed by atoms with Gasteiger partial charge < -0.3 is 5.32 Å². The van der Waals surface area contributed by atoms with Crippen molar-refractivity contribution in [1.29, 1.82) is 0 Å². The fraction of sp³-hybridized carbons (Fsp3) is 0.438. The van der Waals surface area contributed by atoms with E-state index in [0.717, 1.165) is 25.9 Å². The van der Waals surface area contributed by atoms with Crippen molar-refractivity contribution in [2.45, 2.75) is 39.8 Å². The van der Waals surface area contributed by atoms with Gasteiger partial charge in [-0.3, -0.25) is 4.68 Å². The van der Waals surface area contributed by atoms with Crippen LogP contribution in [0, 0.1) is 0 Å². The number of nitrogens with one attached hydrogen (secondary N) is 1. The molecule has 0 amide bonds. The number of aromatic nitrogens is 2. The molecule has 0 saturated carbocycles. The number of aryl methyl sites for hydroxylation is 3. The molecule has 0 fully saturated rings. The predicted molar refractivity (Wildman–Crippen MR) is 78.9 cm³/mol. The van der Waals surface area contributed by atoms with Crippen molar-refractivity contribution >= 4 is 0 Å². The Morgan fingerprint density at radius 2 is 1.68 bits per heavy atom. The standard InChI is InChI=1S/C16H23N3/c1-4-13-6-8-14(9-7-13)10-17-11-15-12-19(3)18-16(15)5-2/h6-9,12,17H,4-5,10-11H2,1-3H3. The second-order valence-electron chi connectivity index (χ2n) is 4.90. The zero-order valence-electron chi connectivity index (χ0n) is 12.1. The van der Waals surface area contributed by atoms with Crippen LogP contribution in [0.1, 0.15) is 36.2 Å². The van der Waals surface area contributed by atoms with Gasteiger partial charge in [-0.05, 0) is 24.0 Å². The van der Waals surface area contributed by atoms with Crippen molar-refractivity contribution < 1.29 is 0 Å². The molecular formula is C16H23N3. The molecule has 1 aromatic heterocycles. The maximum Gasteiger partial charge on any atom is 0.0666 e. The van der Waals surface area contributed by atoms with E-state index in [1.165, 1.54) is 22.4 Å². The molecule has 102 valence electrons. The zero-order chi connectivity index (χ0) is 13.7. The SMILES string of the molecule is CCc1ccc(CNCc2cn(C)nc2CC)cc1. The van der Waals surface area contributed by atoms with E-state index in [4.69, 9.17) is 0 Å². The van der Waals surface area contributed by atoms with E-state index in [0.29, 0.717) is 0 Å². The lowest BCUT2D eigenvalue weighted by Gasteiger charge is -2.05. The molecule has 1 aromatic carbocycles. The van der Waals surface area contributed by atoms with E-state index in [1.54, 1.807) is 0 Å². The molecule has 3 heteroatoms. The molecule has 1 N–H and O–H groups in total. The summed E-state index contributed by atoms with van der Waals surface area (Å²) in [6.45, 7) is 6.12. The summed E-state index contributed by atoms with van der Waals surface area (Å²) in [7, 11) is 1.98. The molecule has 0 aliphatic carbocycles. The maximum absolute atomic E-state index is 4.45. The van der Waals surface area contributed by atoms with E-state index >= 15 is 0 Å². The van der Waals surface area contributed by atoms with Gasteiger partial charge in [0.25, 0.3) is 0 Å². The molecule has 0 bridgehead atoms. The molecule has 1 heterocycles. The van der Waals surface area contributed by atoms with Gasteiger partial charge in [0.05, 0.1) is 5.69 Å². The number of hydrogen-bond acceptors (Lipinski definition) is 2. The Bertz CT molecular complexity index is 511. The number of nitrogens with zero attached hydrogens (tertiary/aromatic N) is 2. The molecule has 2 rings (SSSR count). The van der Waals surface area contributed by atoms with Gasteiger partial charge in [0.15, 0.2) is 0 Å². The monoisotopic (exact) mass is 257 g/mol. The summed E-state index contributed by atoms with van der Waals surface area (Å²) in [5, 5.41) is 7.94. The first-order valence-corrected chi connectivity index (χ1v) is 7.02.